The summed E-state index contributed by atoms with van der Waals surface area (Å²) in [5.74, 6) is -0.970. The van der Waals surface area contributed by atoms with Crippen molar-refractivity contribution in [2.75, 3.05) is 6.61 Å². The van der Waals surface area contributed by atoms with Gasteiger partial charge in [0.05, 0.1) is 6.61 Å². The molecule has 1 rings (SSSR count). The Bertz CT molecular complexity index is 254. The van der Waals surface area contributed by atoms with Crippen LogP contribution in [-0.4, -0.2) is 17.6 Å². The Morgan fingerprint density at radius 2 is 2.45 bits per heavy atom. The number of ether oxygens (including phenoxy) is 1. The summed E-state index contributed by atoms with van der Waals surface area (Å²) in [7, 11) is 0. The maximum atomic E-state index is 10.9. The van der Waals surface area contributed by atoms with Crippen molar-refractivity contribution in [1.82, 2.24) is 4.98 Å². The van der Waals surface area contributed by atoms with E-state index in [1.807, 2.05) is 0 Å². The van der Waals surface area contributed by atoms with E-state index in [4.69, 9.17) is 0 Å². The molecule has 0 aliphatic carbocycles. The number of H-pyrrole nitrogens is 1. The summed E-state index contributed by atoms with van der Waals surface area (Å²) in [4.78, 5) is 13.2. The molecule has 0 spiro atoms. The van der Waals surface area contributed by atoms with Crippen molar-refractivity contribution in [1.29, 1.82) is 0 Å². The van der Waals surface area contributed by atoms with Crippen molar-refractivity contribution >= 4 is 5.97 Å². The lowest BCUT2D eigenvalue weighted by Gasteiger charge is -1.96. The molecule has 0 saturated carbocycles. The lowest BCUT2D eigenvalue weighted by Crippen LogP contribution is -2.02. The lowest BCUT2D eigenvalue weighted by atomic mass is 10.3. The van der Waals surface area contributed by atoms with E-state index in [1.165, 1.54) is 12.3 Å². The Morgan fingerprint density at radius 3 is 2.91 bits per heavy atom. The number of aromatic nitrogens is 1. The van der Waals surface area contributed by atoms with Gasteiger partial charge in [0.25, 0.3) is 5.88 Å². The minimum absolute atomic E-state index is 0.0619. The standard InChI is InChI=1S/C7H8NO3/c1-2-11-7(10)5-3-4-8-6(5)9/h3-4,8H,2H2,1H3. The topological polar surface area (TPSA) is 62.0 Å². The number of rotatable bonds is 2. The predicted octanol–water partition coefficient (Wildman–Crippen LogP) is 1.34. The third kappa shape index (κ3) is 1.52. The first-order valence-electron chi connectivity index (χ1n) is 3.27. The van der Waals surface area contributed by atoms with Gasteiger partial charge in [0, 0.05) is 6.20 Å². The molecule has 59 valence electrons. The number of carbonyl (C=O) groups is 1. The van der Waals surface area contributed by atoms with E-state index in [0.29, 0.717) is 0 Å². The molecule has 1 aromatic heterocycles. The number of carbonyl (C=O) groups excluding carboxylic acids is 1. The maximum absolute atomic E-state index is 10.9. The fourth-order valence-electron chi connectivity index (χ4n) is 0.724. The summed E-state index contributed by atoms with van der Waals surface area (Å²) in [5.41, 5.74) is 0.0619. The van der Waals surface area contributed by atoms with E-state index in [2.05, 4.69) is 9.72 Å². The molecule has 0 aromatic carbocycles. The molecule has 11 heavy (non-hydrogen) atoms. The lowest BCUT2D eigenvalue weighted by molar-refractivity contribution is 0.0521. The predicted molar refractivity (Wildman–Crippen MR) is 36.9 cm³/mol. The van der Waals surface area contributed by atoms with Gasteiger partial charge in [0.1, 0.15) is 5.56 Å². The van der Waals surface area contributed by atoms with E-state index in [9.17, 15) is 9.90 Å². The summed E-state index contributed by atoms with van der Waals surface area (Å²) in [6.07, 6.45) is 1.41. The first kappa shape index (κ1) is 7.65. The number of nitrogens with one attached hydrogen (secondary N) is 1. The summed E-state index contributed by atoms with van der Waals surface area (Å²) in [5, 5.41) is 10.8. The van der Waals surface area contributed by atoms with Gasteiger partial charge in [-0.05, 0) is 13.0 Å². The van der Waals surface area contributed by atoms with Crippen LogP contribution in [0.1, 0.15) is 17.3 Å². The Kier molecular flexibility index (Phi) is 2.15. The first-order valence-corrected chi connectivity index (χ1v) is 3.27. The molecule has 1 aromatic rings. The molecule has 1 N–H and O–H groups in total. The molecule has 0 fully saturated rings. The van der Waals surface area contributed by atoms with E-state index in [0.717, 1.165) is 0 Å². The van der Waals surface area contributed by atoms with Crippen LogP contribution in [0.4, 0.5) is 0 Å². The van der Waals surface area contributed by atoms with E-state index < -0.39 is 11.8 Å². The minimum Gasteiger partial charge on any atom is -0.462 e. The molecule has 0 unspecified atom stereocenters. The molecule has 1 heterocycles. The third-order valence-corrected chi connectivity index (χ3v) is 1.20. The first-order chi connectivity index (χ1) is 5.25. The van der Waals surface area contributed by atoms with Gasteiger partial charge in [0.15, 0.2) is 0 Å². The Balaban J connectivity index is 2.76. The van der Waals surface area contributed by atoms with Crippen molar-refractivity contribution in [3.8, 4) is 5.88 Å². The van der Waals surface area contributed by atoms with Crippen LogP contribution in [0.2, 0.25) is 0 Å². The van der Waals surface area contributed by atoms with Crippen LogP contribution in [0.25, 0.3) is 0 Å². The zero-order valence-corrected chi connectivity index (χ0v) is 6.09. The van der Waals surface area contributed by atoms with Crippen molar-refractivity contribution in [2.45, 2.75) is 6.92 Å². The second-order valence-electron chi connectivity index (χ2n) is 1.94. The minimum atomic E-state index is -0.571. The maximum Gasteiger partial charge on any atom is 0.343 e. The Labute approximate surface area is 63.8 Å². The number of esters is 1. The SMILES string of the molecule is CCOC(=O)c1cc[nH]c1[O]. The molecule has 0 saturated heterocycles. The highest BCUT2D eigenvalue weighted by Gasteiger charge is 2.13. The van der Waals surface area contributed by atoms with Crippen molar-refractivity contribution < 1.29 is 14.6 Å². The van der Waals surface area contributed by atoms with Crippen molar-refractivity contribution in [3.63, 3.8) is 0 Å². The zero-order chi connectivity index (χ0) is 8.27. The second kappa shape index (κ2) is 3.09. The summed E-state index contributed by atoms with van der Waals surface area (Å²) in [6, 6.07) is 1.40. The van der Waals surface area contributed by atoms with Gasteiger partial charge in [-0.1, -0.05) is 0 Å². The van der Waals surface area contributed by atoms with Crippen molar-refractivity contribution in [2.24, 2.45) is 0 Å². The van der Waals surface area contributed by atoms with Crippen LogP contribution in [0.15, 0.2) is 12.3 Å². The fourth-order valence-corrected chi connectivity index (χ4v) is 0.724. The van der Waals surface area contributed by atoms with Gasteiger partial charge in [-0.15, -0.1) is 0 Å². The molecular formula is C7H8NO3. The van der Waals surface area contributed by atoms with Gasteiger partial charge in [0.2, 0.25) is 0 Å². The Hall–Kier alpha value is -1.45. The number of hydrogen-bond donors (Lipinski definition) is 1. The van der Waals surface area contributed by atoms with Crippen LogP contribution >= 0.6 is 0 Å². The zero-order valence-electron chi connectivity index (χ0n) is 6.09. The van der Waals surface area contributed by atoms with Gasteiger partial charge in [-0.25, -0.2) is 4.79 Å². The summed E-state index contributed by atoms with van der Waals surface area (Å²) >= 11 is 0. The summed E-state index contributed by atoms with van der Waals surface area (Å²) < 4.78 is 4.61. The average molecular weight is 154 g/mol. The molecule has 1 radical (unpaired) electrons. The van der Waals surface area contributed by atoms with Gasteiger partial charge in [-0.2, -0.15) is 0 Å². The van der Waals surface area contributed by atoms with E-state index >= 15 is 0 Å². The van der Waals surface area contributed by atoms with Crippen LogP contribution in [-0.2, 0) is 9.84 Å². The van der Waals surface area contributed by atoms with Crippen LogP contribution in [0.5, 0.6) is 5.88 Å². The molecule has 0 amide bonds. The highest BCUT2D eigenvalue weighted by atomic mass is 16.5. The molecule has 0 aliphatic heterocycles. The van der Waals surface area contributed by atoms with Gasteiger partial charge >= 0.3 is 5.97 Å². The molecule has 0 atom stereocenters. The van der Waals surface area contributed by atoms with E-state index in [-0.39, 0.29) is 12.2 Å². The fraction of sp³-hybridized carbons (Fsp3) is 0.286. The van der Waals surface area contributed by atoms with Crippen LogP contribution < -0.4 is 0 Å². The Morgan fingerprint density at radius 1 is 1.73 bits per heavy atom. The smallest absolute Gasteiger partial charge is 0.343 e. The largest absolute Gasteiger partial charge is 0.462 e. The van der Waals surface area contributed by atoms with Crippen LogP contribution in [0.3, 0.4) is 0 Å². The summed E-state index contributed by atoms with van der Waals surface area (Å²) in [6.45, 7) is 1.97. The molecule has 0 aliphatic rings. The monoisotopic (exact) mass is 154 g/mol. The molecular weight excluding hydrogens is 146 g/mol. The van der Waals surface area contributed by atoms with Gasteiger partial charge < -0.3 is 9.72 Å². The quantitative estimate of drug-likeness (QED) is 0.653. The second-order valence-corrected chi connectivity index (χ2v) is 1.94. The molecule has 0 bridgehead atoms. The highest BCUT2D eigenvalue weighted by Crippen LogP contribution is 2.14. The number of aromatic amines is 1. The average Bonchev–Trinajstić information content (AvgIpc) is 2.36. The normalized spacial score (nSPS) is 9.55. The highest BCUT2D eigenvalue weighted by molar-refractivity contribution is 5.91. The molecule has 4 nitrogen and oxygen atoms in total. The van der Waals surface area contributed by atoms with E-state index in [1.54, 1.807) is 6.92 Å². The van der Waals surface area contributed by atoms with Gasteiger partial charge in [-0.3, -0.25) is 5.11 Å². The number of hydrogen-bond acceptors (Lipinski definition) is 2. The molecule has 4 heteroatoms. The van der Waals surface area contributed by atoms with Crippen LogP contribution in [0, 0.1) is 0 Å². The van der Waals surface area contributed by atoms with Crippen molar-refractivity contribution in [3.05, 3.63) is 17.8 Å². The third-order valence-electron chi connectivity index (χ3n) is 1.20.